The molecule has 28 heavy (non-hydrogen) atoms. The SMILES string of the molecule is COC(=O)c1c(C(F)(F)C(F)(F)F)c(C(=O)c2ccccc2)n2ccccc12. The number of esters is 1. The minimum absolute atomic E-state index is 0.110. The van der Waals surface area contributed by atoms with Gasteiger partial charge in [0.1, 0.15) is 5.69 Å². The van der Waals surface area contributed by atoms with Gasteiger partial charge < -0.3 is 9.14 Å². The molecule has 0 aliphatic rings. The summed E-state index contributed by atoms with van der Waals surface area (Å²) >= 11 is 0. The third-order valence-corrected chi connectivity index (χ3v) is 4.15. The third kappa shape index (κ3) is 2.92. The van der Waals surface area contributed by atoms with Gasteiger partial charge in [-0.25, -0.2) is 4.79 Å². The van der Waals surface area contributed by atoms with E-state index in [9.17, 15) is 31.5 Å². The van der Waals surface area contributed by atoms with Crippen LogP contribution in [0.2, 0.25) is 0 Å². The summed E-state index contributed by atoms with van der Waals surface area (Å²) in [4.78, 5) is 25.1. The Bertz CT molecular complexity index is 1050. The van der Waals surface area contributed by atoms with Crippen molar-refractivity contribution in [1.29, 1.82) is 0 Å². The summed E-state index contributed by atoms with van der Waals surface area (Å²) in [5.74, 6) is -7.96. The van der Waals surface area contributed by atoms with Gasteiger partial charge in [-0.1, -0.05) is 36.4 Å². The van der Waals surface area contributed by atoms with Crippen LogP contribution in [0.5, 0.6) is 0 Å². The van der Waals surface area contributed by atoms with E-state index < -0.39 is 40.7 Å². The number of hydrogen-bond donors (Lipinski definition) is 0. The molecule has 1 aromatic carbocycles. The van der Waals surface area contributed by atoms with Crippen LogP contribution >= 0.6 is 0 Å². The summed E-state index contributed by atoms with van der Waals surface area (Å²) < 4.78 is 73.9. The van der Waals surface area contributed by atoms with Crippen LogP contribution in [0.3, 0.4) is 0 Å². The lowest BCUT2D eigenvalue weighted by Crippen LogP contribution is -2.36. The van der Waals surface area contributed by atoms with Gasteiger partial charge in [-0.3, -0.25) is 4.79 Å². The molecular formula is C19H12F5NO3. The highest BCUT2D eigenvalue weighted by atomic mass is 19.4. The van der Waals surface area contributed by atoms with Crippen LogP contribution in [-0.2, 0) is 10.7 Å². The average Bonchev–Trinajstić information content (AvgIpc) is 3.02. The van der Waals surface area contributed by atoms with Crippen LogP contribution in [0.15, 0.2) is 54.7 Å². The Balaban J connectivity index is 2.48. The first-order chi connectivity index (χ1) is 13.1. The number of ether oxygens (including phenoxy) is 1. The molecule has 2 aromatic heterocycles. The van der Waals surface area contributed by atoms with E-state index in [4.69, 9.17) is 0 Å². The monoisotopic (exact) mass is 397 g/mol. The molecule has 2 heterocycles. The summed E-state index contributed by atoms with van der Waals surface area (Å²) in [6, 6.07) is 10.8. The van der Waals surface area contributed by atoms with E-state index in [2.05, 4.69) is 4.74 Å². The second kappa shape index (κ2) is 6.74. The van der Waals surface area contributed by atoms with Crippen molar-refractivity contribution in [2.24, 2.45) is 0 Å². The molecule has 0 spiro atoms. The Morgan fingerprint density at radius 3 is 2.11 bits per heavy atom. The maximum absolute atomic E-state index is 14.5. The number of carbonyl (C=O) groups is 2. The number of ketones is 1. The normalized spacial score (nSPS) is 12.2. The van der Waals surface area contributed by atoms with E-state index in [-0.39, 0.29) is 11.1 Å². The molecule has 0 amide bonds. The number of alkyl halides is 5. The van der Waals surface area contributed by atoms with Gasteiger partial charge in [0.05, 0.1) is 23.8 Å². The Morgan fingerprint density at radius 2 is 1.54 bits per heavy atom. The summed E-state index contributed by atoms with van der Waals surface area (Å²) in [6.45, 7) is 0. The van der Waals surface area contributed by atoms with Crippen LogP contribution in [-0.4, -0.2) is 29.4 Å². The summed E-state index contributed by atoms with van der Waals surface area (Å²) in [7, 11) is 0.850. The molecule has 3 rings (SSSR count). The Kier molecular flexibility index (Phi) is 4.70. The van der Waals surface area contributed by atoms with E-state index in [1.807, 2.05) is 0 Å². The van der Waals surface area contributed by atoms with Gasteiger partial charge >= 0.3 is 18.1 Å². The maximum Gasteiger partial charge on any atom is 0.458 e. The number of hydrogen-bond acceptors (Lipinski definition) is 3. The van der Waals surface area contributed by atoms with Gasteiger partial charge in [-0.15, -0.1) is 0 Å². The number of nitrogens with zero attached hydrogens (tertiary/aromatic N) is 1. The zero-order valence-electron chi connectivity index (χ0n) is 14.3. The van der Waals surface area contributed by atoms with Crippen molar-refractivity contribution in [3.05, 3.63) is 77.1 Å². The highest BCUT2D eigenvalue weighted by molar-refractivity contribution is 6.13. The first-order valence-electron chi connectivity index (χ1n) is 7.87. The van der Waals surface area contributed by atoms with Crippen LogP contribution < -0.4 is 0 Å². The Labute approximate surface area is 155 Å². The van der Waals surface area contributed by atoms with Crippen LogP contribution in [0, 0.1) is 0 Å². The van der Waals surface area contributed by atoms with Crippen molar-refractivity contribution in [2.75, 3.05) is 7.11 Å². The molecule has 4 nitrogen and oxygen atoms in total. The predicted molar refractivity (Wildman–Crippen MR) is 88.6 cm³/mol. The van der Waals surface area contributed by atoms with Gasteiger partial charge in [-0.05, 0) is 12.1 Å². The molecule has 0 fully saturated rings. The maximum atomic E-state index is 14.5. The Hall–Kier alpha value is -3.23. The second-order valence-electron chi connectivity index (χ2n) is 5.81. The van der Waals surface area contributed by atoms with Crippen molar-refractivity contribution >= 4 is 17.3 Å². The molecule has 0 aliphatic carbocycles. The van der Waals surface area contributed by atoms with Crippen molar-refractivity contribution in [3.63, 3.8) is 0 Å². The lowest BCUT2D eigenvalue weighted by molar-refractivity contribution is -0.289. The van der Waals surface area contributed by atoms with Gasteiger partial charge in [-0.2, -0.15) is 22.0 Å². The van der Waals surface area contributed by atoms with E-state index >= 15 is 0 Å². The molecular weight excluding hydrogens is 385 g/mol. The molecule has 146 valence electrons. The first kappa shape index (κ1) is 19.5. The number of carbonyl (C=O) groups excluding carboxylic acids is 2. The molecule has 0 radical (unpaired) electrons. The third-order valence-electron chi connectivity index (χ3n) is 4.15. The molecule has 9 heteroatoms. The number of aromatic nitrogens is 1. The minimum atomic E-state index is -6.04. The predicted octanol–water partition coefficient (Wildman–Crippen LogP) is 4.61. The molecule has 0 aliphatic heterocycles. The average molecular weight is 397 g/mol. The summed E-state index contributed by atoms with van der Waals surface area (Å²) in [5.41, 5.74) is -4.10. The summed E-state index contributed by atoms with van der Waals surface area (Å²) in [5, 5.41) is 0. The highest BCUT2D eigenvalue weighted by Crippen LogP contribution is 2.48. The first-order valence-corrected chi connectivity index (χ1v) is 7.87. The fourth-order valence-corrected chi connectivity index (χ4v) is 2.91. The zero-order chi connectivity index (χ0) is 20.7. The number of benzene rings is 1. The molecule has 0 bridgehead atoms. The lowest BCUT2D eigenvalue weighted by atomic mass is 9.97. The standard InChI is InChI=1S/C19H12F5NO3/c1-28-17(27)13-12-9-5-6-10-25(12)15(14(13)18(20,21)19(22,23)24)16(26)11-7-3-2-4-8-11/h2-10H,1H3. The molecule has 0 saturated heterocycles. The van der Waals surface area contributed by atoms with Crippen LogP contribution in [0.1, 0.15) is 32.0 Å². The van der Waals surface area contributed by atoms with Crippen molar-refractivity contribution in [3.8, 4) is 0 Å². The highest BCUT2D eigenvalue weighted by Gasteiger charge is 2.62. The van der Waals surface area contributed by atoms with E-state index in [0.29, 0.717) is 0 Å². The zero-order valence-corrected chi connectivity index (χ0v) is 14.3. The van der Waals surface area contributed by atoms with Gasteiger partial charge in [0.2, 0.25) is 5.78 Å². The number of pyridine rings is 1. The van der Waals surface area contributed by atoms with Gasteiger partial charge in [0, 0.05) is 11.8 Å². The lowest BCUT2D eigenvalue weighted by Gasteiger charge is -2.21. The van der Waals surface area contributed by atoms with E-state index in [1.54, 1.807) is 6.07 Å². The fraction of sp³-hybridized carbons (Fsp3) is 0.158. The molecule has 0 atom stereocenters. The van der Waals surface area contributed by atoms with Gasteiger partial charge in [0.15, 0.2) is 0 Å². The smallest absolute Gasteiger partial charge is 0.458 e. The molecule has 0 N–H and O–H groups in total. The number of methoxy groups -OCH3 is 1. The molecule has 0 unspecified atom stereocenters. The molecule has 3 aromatic rings. The molecule has 0 saturated carbocycles. The second-order valence-corrected chi connectivity index (χ2v) is 5.81. The number of rotatable bonds is 4. The van der Waals surface area contributed by atoms with Gasteiger partial charge in [0.25, 0.3) is 0 Å². The minimum Gasteiger partial charge on any atom is -0.465 e. The van der Waals surface area contributed by atoms with E-state index in [0.717, 1.165) is 23.8 Å². The Morgan fingerprint density at radius 1 is 0.929 bits per heavy atom. The topological polar surface area (TPSA) is 47.8 Å². The van der Waals surface area contributed by atoms with Crippen molar-refractivity contribution < 1.29 is 36.3 Å². The summed E-state index contributed by atoms with van der Waals surface area (Å²) in [6.07, 6.45) is -4.90. The van der Waals surface area contributed by atoms with Crippen molar-refractivity contribution in [2.45, 2.75) is 12.1 Å². The number of fused-ring (bicyclic) bond motifs is 1. The van der Waals surface area contributed by atoms with E-state index in [1.165, 1.54) is 36.4 Å². The largest absolute Gasteiger partial charge is 0.465 e. The number of halogens is 5. The van der Waals surface area contributed by atoms with Crippen LogP contribution in [0.25, 0.3) is 5.52 Å². The quantitative estimate of drug-likeness (QED) is 0.367. The van der Waals surface area contributed by atoms with Crippen molar-refractivity contribution in [1.82, 2.24) is 4.40 Å². The van der Waals surface area contributed by atoms with Crippen LogP contribution in [0.4, 0.5) is 22.0 Å². The fourth-order valence-electron chi connectivity index (χ4n) is 2.91.